The minimum Gasteiger partial charge on any atom is -0.381 e. The van der Waals surface area contributed by atoms with Gasteiger partial charge in [-0.15, -0.1) is 0 Å². The molecule has 1 heterocycles. The fourth-order valence-electron chi connectivity index (χ4n) is 2.00. The second-order valence-electron chi connectivity index (χ2n) is 4.68. The molecule has 18 heavy (non-hydrogen) atoms. The Bertz CT molecular complexity index is 269. The highest BCUT2D eigenvalue weighted by molar-refractivity contribution is 5.76. The Morgan fingerprint density at radius 2 is 2.17 bits per heavy atom. The Morgan fingerprint density at radius 1 is 1.44 bits per heavy atom. The molecular weight excluding hydrogens is 247 g/mol. The Labute approximate surface area is 105 Å². The van der Waals surface area contributed by atoms with Crippen LogP contribution in [0.15, 0.2) is 0 Å². The van der Waals surface area contributed by atoms with Crippen LogP contribution in [0.2, 0.25) is 0 Å². The van der Waals surface area contributed by atoms with E-state index >= 15 is 0 Å². The van der Waals surface area contributed by atoms with Crippen LogP contribution in [0, 0.1) is 5.92 Å². The highest BCUT2D eigenvalue weighted by Crippen LogP contribution is 2.23. The lowest BCUT2D eigenvalue weighted by molar-refractivity contribution is -0.148. The maximum Gasteiger partial charge on any atom is 0.389 e. The van der Waals surface area contributed by atoms with Gasteiger partial charge in [-0.05, 0) is 12.8 Å². The molecule has 0 radical (unpaired) electrons. The van der Waals surface area contributed by atoms with E-state index in [-0.39, 0.29) is 5.92 Å². The molecule has 6 heteroatoms. The number of hydrogen-bond acceptors (Lipinski definition) is 2. The molecule has 1 aliphatic rings. The summed E-state index contributed by atoms with van der Waals surface area (Å²) in [7, 11) is 0. The van der Waals surface area contributed by atoms with Crippen molar-refractivity contribution in [2.45, 2.75) is 38.8 Å². The van der Waals surface area contributed by atoms with Gasteiger partial charge in [0.15, 0.2) is 0 Å². The predicted molar refractivity (Wildman–Crippen MR) is 61.1 cm³/mol. The van der Waals surface area contributed by atoms with Crippen LogP contribution >= 0.6 is 0 Å². The molecule has 1 saturated heterocycles. The third kappa shape index (κ3) is 5.71. The molecule has 106 valence electrons. The smallest absolute Gasteiger partial charge is 0.381 e. The zero-order chi connectivity index (χ0) is 13.6. The minimum atomic E-state index is -4.25. The molecule has 1 rings (SSSR count). The molecular formula is C12H20F3NO2. The van der Waals surface area contributed by atoms with Gasteiger partial charge in [0.05, 0.1) is 13.0 Å². The van der Waals surface area contributed by atoms with Crippen LogP contribution in [-0.2, 0) is 9.53 Å². The molecule has 0 aliphatic carbocycles. The largest absolute Gasteiger partial charge is 0.389 e. The summed E-state index contributed by atoms with van der Waals surface area (Å²) in [6, 6.07) is 0. The Hall–Kier alpha value is -0.780. The van der Waals surface area contributed by atoms with E-state index in [1.807, 2.05) is 6.92 Å². The van der Waals surface area contributed by atoms with Crippen molar-refractivity contribution in [3.05, 3.63) is 0 Å². The summed E-state index contributed by atoms with van der Waals surface area (Å²) >= 11 is 0. The Kier molecular flexibility index (Phi) is 5.91. The summed E-state index contributed by atoms with van der Waals surface area (Å²) in [6.45, 7) is 4.38. The summed E-state index contributed by atoms with van der Waals surface area (Å²) in [4.78, 5) is 13.1. The maximum absolute atomic E-state index is 12.0. The van der Waals surface area contributed by atoms with Crippen LogP contribution in [0.25, 0.3) is 0 Å². The summed E-state index contributed by atoms with van der Waals surface area (Å²) < 4.78 is 41.4. The highest BCUT2D eigenvalue weighted by atomic mass is 19.4. The fraction of sp³-hybridized carbons (Fsp3) is 0.917. The molecule has 0 bridgehead atoms. The molecule has 0 aromatic carbocycles. The molecule has 1 aliphatic heterocycles. The number of likely N-dealkylation sites (tertiary alicyclic amines) is 1. The third-order valence-corrected chi connectivity index (χ3v) is 2.96. The molecule has 0 spiro atoms. The van der Waals surface area contributed by atoms with Crippen molar-refractivity contribution < 1.29 is 22.7 Å². The first kappa shape index (κ1) is 15.3. The van der Waals surface area contributed by atoms with Crippen molar-refractivity contribution in [2.75, 3.05) is 26.3 Å². The average Bonchev–Trinajstić information content (AvgIpc) is 2.74. The van der Waals surface area contributed by atoms with E-state index in [4.69, 9.17) is 4.74 Å². The lowest BCUT2D eigenvalue weighted by atomic mass is 10.1. The summed E-state index contributed by atoms with van der Waals surface area (Å²) in [5.74, 6) is -0.128. The SMILES string of the molecule is CCCOCC1CCN(C(=O)CCC(F)(F)F)C1. The number of ether oxygens (including phenoxy) is 1. The summed E-state index contributed by atoms with van der Waals surface area (Å²) in [6.07, 6.45) is -3.95. The first-order valence-electron chi connectivity index (χ1n) is 6.34. The van der Waals surface area contributed by atoms with E-state index in [0.717, 1.165) is 12.8 Å². The quantitative estimate of drug-likeness (QED) is 0.692. The molecule has 1 unspecified atom stereocenters. The number of hydrogen-bond donors (Lipinski definition) is 0. The number of carbonyl (C=O) groups excluding carboxylic acids is 1. The van der Waals surface area contributed by atoms with Crippen LogP contribution in [0.3, 0.4) is 0 Å². The summed E-state index contributed by atoms with van der Waals surface area (Å²) in [5.41, 5.74) is 0. The van der Waals surface area contributed by atoms with Gasteiger partial charge >= 0.3 is 6.18 Å². The first-order chi connectivity index (χ1) is 8.42. The molecule has 1 fully saturated rings. The van der Waals surface area contributed by atoms with E-state index < -0.39 is 24.9 Å². The number of amides is 1. The van der Waals surface area contributed by atoms with Crippen molar-refractivity contribution in [3.63, 3.8) is 0 Å². The van der Waals surface area contributed by atoms with E-state index in [0.29, 0.717) is 26.3 Å². The lowest BCUT2D eigenvalue weighted by Crippen LogP contribution is -2.30. The molecule has 1 atom stereocenters. The number of carbonyl (C=O) groups is 1. The van der Waals surface area contributed by atoms with Crippen LogP contribution in [0.1, 0.15) is 32.6 Å². The van der Waals surface area contributed by atoms with Gasteiger partial charge in [-0.25, -0.2) is 0 Å². The molecule has 0 saturated carbocycles. The summed E-state index contributed by atoms with van der Waals surface area (Å²) in [5, 5.41) is 0. The highest BCUT2D eigenvalue weighted by Gasteiger charge is 2.31. The van der Waals surface area contributed by atoms with Crippen molar-refractivity contribution in [2.24, 2.45) is 5.92 Å². The van der Waals surface area contributed by atoms with Gasteiger partial charge in [0.1, 0.15) is 0 Å². The van der Waals surface area contributed by atoms with Crippen LogP contribution < -0.4 is 0 Å². The second-order valence-corrected chi connectivity index (χ2v) is 4.68. The normalized spacial score (nSPS) is 20.4. The second kappa shape index (κ2) is 6.97. The topological polar surface area (TPSA) is 29.5 Å². The van der Waals surface area contributed by atoms with Gasteiger partial charge in [0, 0.05) is 32.0 Å². The molecule has 0 aromatic rings. The van der Waals surface area contributed by atoms with E-state index in [9.17, 15) is 18.0 Å². The van der Waals surface area contributed by atoms with E-state index in [2.05, 4.69) is 0 Å². The zero-order valence-corrected chi connectivity index (χ0v) is 10.6. The van der Waals surface area contributed by atoms with Gasteiger partial charge in [-0.3, -0.25) is 4.79 Å². The molecule has 0 aromatic heterocycles. The lowest BCUT2D eigenvalue weighted by Gasteiger charge is -2.17. The molecule has 0 N–H and O–H groups in total. The van der Waals surface area contributed by atoms with Gasteiger partial charge in [-0.1, -0.05) is 6.92 Å². The maximum atomic E-state index is 12.0. The van der Waals surface area contributed by atoms with Gasteiger partial charge in [0.2, 0.25) is 5.91 Å². The van der Waals surface area contributed by atoms with Crippen molar-refractivity contribution >= 4 is 5.91 Å². The fourth-order valence-corrected chi connectivity index (χ4v) is 2.00. The Balaban J connectivity index is 2.22. The van der Waals surface area contributed by atoms with E-state index in [1.54, 1.807) is 0 Å². The van der Waals surface area contributed by atoms with Gasteiger partial charge in [-0.2, -0.15) is 13.2 Å². The molecule has 3 nitrogen and oxygen atoms in total. The van der Waals surface area contributed by atoms with Crippen molar-refractivity contribution in [1.29, 1.82) is 0 Å². The minimum absolute atomic E-state index is 0.270. The average molecular weight is 267 g/mol. The first-order valence-corrected chi connectivity index (χ1v) is 6.34. The van der Waals surface area contributed by atoms with Gasteiger partial charge < -0.3 is 9.64 Å². The number of alkyl halides is 3. The van der Waals surface area contributed by atoms with Gasteiger partial charge in [0.25, 0.3) is 0 Å². The standard InChI is InChI=1S/C12H20F3NO2/c1-2-7-18-9-10-4-6-16(8-10)11(17)3-5-12(13,14)15/h10H,2-9H2,1H3. The van der Waals surface area contributed by atoms with E-state index in [1.165, 1.54) is 4.90 Å². The Morgan fingerprint density at radius 3 is 2.78 bits per heavy atom. The van der Waals surface area contributed by atoms with Crippen LogP contribution in [-0.4, -0.2) is 43.3 Å². The predicted octanol–water partition coefficient (Wildman–Crippen LogP) is 2.60. The number of halogens is 3. The van der Waals surface area contributed by atoms with Crippen LogP contribution in [0.5, 0.6) is 0 Å². The number of rotatable bonds is 6. The van der Waals surface area contributed by atoms with Crippen molar-refractivity contribution in [1.82, 2.24) is 4.90 Å². The monoisotopic (exact) mass is 267 g/mol. The van der Waals surface area contributed by atoms with Crippen molar-refractivity contribution in [3.8, 4) is 0 Å². The molecule has 1 amide bonds. The van der Waals surface area contributed by atoms with Crippen LogP contribution in [0.4, 0.5) is 13.2 Å². The third-order valence-electron chi connectivity index (χ3n) is 2.96. The number of nitrogens with zero attached hydrogens (tertiary/aromatic N) is 1. The zero-order valence-electron chi connectivity index (χ0n) is 10.6.